The number of piperazine rings is 1. The Bertz CT molecular complexity index is 966. The maximum absolute atomic E-state index is 12.6. The number of carbonyl (C=O) groups excluding carboxylic acids is 1. The second-order valence-electron chi connectivity index (χ2n) is 9.20. The molecular formula is C27H35N3O4. The van der Waals surface area contributed by atoms with Crippen LogP contribution in [0.5, 0.6) is 0 Å². The van der Waals surface area contributed by atoms with Crippen LogP contribution in [-0.2, 0) is 20.7 Å². The molecule has 7 heteroatoms. The van der Waals surface area contributed by atoms with Crippen molar-refractivity contribution in [3.05, 3.63) is 77.2 Å². The van der Waals surface area contributed by atoms with Gasteiger partial charge in [0.25, 0.3) is 0 Å². The van der Waals surface area contributed by atoms with Gasteiger partial charge in [-0.3, -0.25) is 14.6 Å². The molecule has 2 unspecified atom stereocenters. The zero-order valence-corrected chi connectivity index (χ0v) is 20.1. The molecule has 1 amide bonds. The fourth-order valence-corrected chi connectivity index (χ4v) is 4.66. The topological polar surface area (TPSA) is 74.3 Å². The van der Waals surface area contributed by atoms with Crippen LogP contribution in [0, 0.1) is 19.8 Å². The molecule has 2 N–H and O–H groups in total. The molecule has 7 nitrogen and oxygen atoms in total. The highest BCUT2D eigenvalue weighted by molar-refractivity contribution is 5.93. The standard InChI is InChI=1S/C27H35N3O4/c1-20-7-6-8-21(2)27(20)28-26(32)17-30-13-11-29(12-14-30)16-24(31)23(25-18-33-19-34-25)15-22-9-4-3-5-10-22/h3-10,18,23-24,31H,11-17,19H2,1-2H3,(H,28,32). The Hall–Kier alpha value is -2.87. The molecule has 0 bridgehead atoms. The summed E-state index contributed by atoms with van der Waals surface area (Å²) >= 11 is 0. The van der Waals surface area contributed by atoms with Gasteiger partial charge in [0.1, 0.15) is 12.0 Å². The predicted octanol–water partition coefficient (Wildman–Crippen LogP) is 2.93. The summed E-state index contributed by atoms with van der Waals surface area (Å²) < 4.78 is 10.9. The first-order valence-electron chi connectivity index (χ1n) is 12.0. The van der Waals surface area contributed by atoms with Crippen LogP contribution in [0.2, 0.25) is 0 Å². The number of para-hydroxylation sites is 1. The van der Waals surface area contributed by atoms with E-state index >= 15 is 0 Å². The molecule has 0 aromatic heterocycles. The third-order valence-corrected chi connectivity index (χ3v) is 6.64. The zero-order chi connectivity index (χ0) is 23.9. The van der Waals surface area contributed by atoms with E-state index < -0.39 is 6.10 Å². The van der Waals surface area contributed by atoms with E-state index in [0.717, 1.165) is 48.6 Å². The molecule has 2 aliphatic rings. The van der Waals surface area contributed by atoms with Gasteiger partial charge < -0.3 is 19.9 Å². The Balaban J connectivity index is 1.27. The van der Waals surface area contributed by atoms with E-state index in [1.807, 2.05) is 50.2 Å². The number of β-amino-alcohol motifs (C(OH)–C–C–N with tert-alkyl or cyclic N) is 1. The van der Waals surface area contributed by atoms with Crippen molar-refractivity contribution in [3.8, 4) is 0 Å². The van der Waals surface area contributed by atoms with E-state index in [1.54, 1.807) is 6.26 Å². The minimum Gasteiger partial charge on any atom is -0.462 e. The normalized spacial score (nSPS) is 18.5. The molecule has 1 fully saturated rings. The average Bonchev–Trinajstić information content (AvgIpc) is 3.36. The van der Waals surface area contributed by atoms with Gasteiger partial charge in [0, 0.05) is 38.4 Å². The van der Waals surface area contributed by atoms with Crippen molar-refractivity contribution in [2.24, 2.45) is 5.92 Å². The number of aliphatic hydroxyl groups excluding tert-OH is 1. The molecule has 2 heterocycles. The van der Waals surface area contributed by atoms with Gasteiger partial charge in [-0.2, -0.15) is 0 Å². The van der Waals surface area contributed by atoms with E-state index in [1.165, 1.54) is 0 Å². The number of anilines is 1. The van der Waals surface area contributed by atoms with Crippen LogP contribution in [0.4, 0.5) is 5.69 Å². The fraction of sp³-hybridized carbons (Fsp3) is 0.444. The van der Waals surface area contributed by atoms with Gasteiger partial charge >= 0.3 is 0 Å². The summed E-state index contributed by atoms with van der Waals surface area (Å²) in [5, 5.41) is 14.2. The zero-order valence-electron chi connectivity index (χ0n) is 20.1. The second-order valence-corrected chi connectivity index (χ2v) is 9.20. The molecule has 4 rings (SSSR count). The first-order chi connectivity index (χ1) is 16.5. The minimum atomic E-state index is -0.577. The number of hydrogen-bond acceptors (Lipinski definition) is 6. The SMILES string of the molecule is Cc1cccc(C)c1NC(=O)CN1CCN(CC(O)C(Cc2ccccc2)C2=COCO2)CC1. The Morgan fingerprint density at radius 2 is 1.68 bits per heavy atom. The van der Waals surface area contributed by atoms with Crippen LogP contribution in [0.3, 0.4) is 0 Å². The number of rotatable bonds is 9. The average molecular weight is 466 g/mol. The first-order valence-corrected chi connectivity index (χ1v) is 12.0. The van der Waals surface area contributed by atoms with Crippen LogP contribution in [0.15, 0.2) is 60.6 Å². The van der Waals surface area contributed by atoms with Gasteiger partial charge in [-0.05, 0) is 37.0 Å². The van der Waals surface area contributed by atoms with Crippen LogP contribution >= 0.6 is 0 Å². The van der Waals surface area contributed by atoms with Crippen molar-refractivity contribution >= 4 is 11.6 Å². The summed E-state index contributed by atoms with van der Waals surface area (Å²) in [5.41, 5.74) is 4.21. The minimum absolute atomic E-state index is 0.0131. The van der Waals surface area contributed by atoms with E-state index in [2.05, 4.69) is 27.2 Å². The summed E-state index contributed by atoms with van der Waals surface area (Å²) in [5.74, 6) is 0.559. The van der Waals surface area contributed by atoms with Crippen molar-refractivity contribution in [3.63, 3.8) is 0 Å². The van der Waals surface area contributed by atoms with Gasteiger partial charge in [-0.15, -0.1) is 0 Å². The molecular weight excluding hydrogens is 430 g/mol. The maximum Gasteiger partial charge on any atom is 0.238 e. The number of aliphatic hydroxyl groups is 1. The number of hydrogen-bond donors (Lipinski definition) is 2. The highest BCUT2D eigenvalue weighted by Gasteiger charge is 2.30. The summed E-state index contributed by atoms with van der Waals surface area (Å²) in [6.45, 7) is 8.35. The lowest BCUT2D eigenvalue weighted by Crippen LogP contribution is -2.51. The second kappa shape index (κ2) is 11.5. The fourth-order valence-electron chi connectivity index (χ4n) is 4.66. The van der Waals surface area contributed by atoms with E-state index in [-0.39, 0.29) is 18.6 Å². The monoisotopic (exact) mass is 465 g/mol. The lowest BCUT2D eigenvalue weighted by atomic mass is 9.92. The summed E-state index contributed by atoms with van der Waals surface area (Å²) in [6, 6.07) is 16.2. The van der Waals surface area contributed by atoms with Crippen LogP contribution < -0.4 is 5.32 Å². The summed E-state index contributed by atoms with van der Waals surface area (Å²) in [4.78, 5) is 17.0. The van der Waals surface area contributed by atoms with E-state index in [0.29, 0.717) is 25.3 Å². The largest absolute Gasteiger partial charge is 0.462 e. The van der Waals surface area contributed by atoms with Crippen molar-refractivity contribution in [2.75, 3.05) is 51.4 Å². The van der Waals surface area contributed by atoms with Crippen molar-refractivity contribution < 1.29 is 19.4 Å². The molecule has 2 aromatic rings. The number of aryl methyl sites for hydroxylation is 2. The molecule has 2 aliphatic heterocycles. The third kappa shape index (κ3) is 6.38. The van der Waals surface area contributed by atoms with Gasteiger partial charge in [-0.25, -0.2) is 0 Å². The Labute approximate surface area is 202 Å². The molecule has 0 spiro atoms. The number of ether oxygens (including phenoxy) is 2. The van der Waals surface area contributed by atoms with E-state index in [9.17, 15) is 9.90 Å². The summed E-state index contributed by atoms with van der Waals surface area (Å²) in [6.07, 6.45) is 1.74. The Morgan fingerprint density at radius 3 is 2.32 bits per heavy atom. The van der Waals surface area contributed by atoms with Gasteiger partial charge in [-0.1, -0.05) is 48.5 Å². The number of carbonyl (C=O) groups is 1. The van der Waals surface area contributed by atoms with Gasteiger partial charge in [0.05, 0.1) is 18.6 Å². The Kier molecular flexibility index (Phi) is 8.21. The number of nitrogens with zero attached hydrogens (tertiary/aromatic N) is 2. The van der Waals surface area contributed by atoms with Crippen molar-refractivity contribution in [1.29, 1.82) is 0 Å². The molecule has 34 heavy (non-hydrogen) atoms. The Morgan fingerprint density at radius 1 is 1.00 bits per heavy atom. The van der Waals surface area contributed by atoms with Crippen molar-refractivity contribution in [1.82, 2.24) is 9.80 Å². The van der Waals surface area contributed by atoms with Crippen molar-refractivity contribution in [2.45, 2.75) is 26.4 Å². The maximum atomic E-state index is 12.6. The van der Waals surface area contributed by atoms with Crippen LogP contribution in [-0.4, -0.2) is 73.0 Å². The highest BCUT2D eigenvalue weighted by atomic mass is 16.7. The van der Waals surface area contributed by atoms with Gasteiger partial charge in [0.15, 0.2) is 0 Å². The molecule has 0 saturated carbocycles. The highest BCUT2D eigenvalue weighted by Crippen LogP contribution is 2.26. The number of nitrogens with one attached hydrogen (secondary N) is 1. The van der Waals surface area contributed by atoms with E-state index in [4.69, 9.17) is 9.47 Å². The number of benzene rings is 2. The number of amides is 1. The van der Waals surface area contributed by atoms with Crippen LogP contribution in [0.1, 0.15) is 16.7 Å². The lowest BCUT2D eigenvalue weighted by Gasteiger charge is -2.36. The quantitative estimate of drug-likeness (QED) is 0.593. The molecule has 0 radical (unpaired) electrons. The summed E-state index contributed by atoms with van der Waals surface area (Å²) in [7, 11) is 0. The third-order valence-electron chi connectivity index (χ3n) is 6.64. The van der Waals surface area contributed by atoms with Gasteiger partial charge in [0.2, 0.25) is 12.7 Å². The molecule has 182 valence electrons. The predicted molar refractivity (Wildman–Crippen MR) is 132 cm³/mol. The lowest BCUT2D eigenvalue weighted by molar-refractivity contribution is -0.117. The first kappa shape index (κ1) is 24.3. The molecule has 2 aromatic carbocycles. The smallest absolute Gasteiger partial charge is 0.238 e. The molecule has 0 aliphatic carbocycles. The molecule has 2 atom stereocenters. The molecule has 1 saturated heterocycles. The van der Waals surface area contributed by atoms with Crippen LogP contribution in [0.25, 0.3) is 0 Å².